The Morgan fingerprint density at radius 2 is 1.74 bits per heavy atom. The number of nitrogens with one attached hydrogen (secondary N) is 2. The highest BCUT2D eigenvalue weighted by Crippen LogP contribution is 2.33. The van der Waals surface area contributed by atoms with Gasteiger partial charge < -0.3 is 10.1 Å². The Morgan fingerprint density at radius 3 is 2.37 bits per heavy atom. The molecule has 0 spiro atoms. The third-order valence-corrected chi connectivity index (χ3v) is 6.58. The van der Waals surface area contributed by atoms with Crippen molar-refractivity contribution in [3.05, 3.63) is 88.7 Å². The largest absolute Gasteiger partial charge is 0.495 e. The minimum absolute atomic E-state index is 0.0332. The SMILES string of the molecule is COc1ccc(Cl)cc1S(=O)(=O)NC(Cc1ccccc1)C(=O)Nc1ccc(F)c(C(F)(F)F)c1. The van der Waals surface area contributed by atoms with Gasteiger partial charge in [-0.25, -0.2) is 12.8 Å². The van der Waals surface area contributed by atoms with E-state index < -0.39 is 39.5 Å². The molecule has 12 heteroatoms. The number of carbonyl (C=O) groups is 1. The summed E-state index contributed by atoms with van der Waals surface area (Å²) in [6.45, 7) is 0. The van der Waals surface area contributed by atoms with Gasteiger partial charge in [-0.2, -0.15) is 17.9 Å². The van der Waals surface area contributed by atoms with Gasteiger partial charge in [0.15, 0.2) is 0 Å². The minimum Gasteiger partial charge on any atom is -0.495 e. The van der Waals surface area contributed by atoms with Gasteiger partial charge in [-0.15, -0.1) is 0 Å². The fourth-order valence-electron chi connectivity index (χ4n) is 3.20. The number of halogens is 5. The Morgan fingerprint density at radius 1 is 1.06 bits per heavy atom. The zero-order chi connectivity index (χ0) is 25.8. The lowest BCUT2D eigenvalue weighted by Crippen LogP contribution is -2.45. The Bertz CT molecular complexity index is 1320. The molecule has 3 rings (SSSR count). The molecule has 1 unspecified atom stereocenters. The van der Waals surface area contributed by atoms with Gasteiger partial charge in [-0.1, -0.05) is 41.9 Å². The van der Waals surface area contributed by atoms with Crippen LogP contribution in [0.1, 0.15) is 11.1 Å². The Balaban J connectivity index is 1.95. The summed E-state index contributed by atoms with van der Waals surface area (Å²) in [4.78, 5) is 12.7. The molecule has 186 valence electrons. The predicted molar refractivity (Wildman–Crippen MR) is 122 cm³/mol. The van der Waals surface area contributed by atoms with Gasteiger partial charge in [0.2, 0.25) is 15.9 Å². The average Bonchev–Trinajstić information content (AvgIpc) is 2.79. The van der Waals surface area contributed by atoms with E-state index in [9.17, 15) is 30.8 Å². The monoisotopic (exact) mass is 530 g/mol. The third-order valence-electron chi connectivity index (χ3n) is 4.85. The molecule has 0 aliphatic rings. The molecule has 0 fully saturated rings. The summed E-state index contributed by atoms with van der Waals surface area (Å²) in [5.41, 5.74) is -1.36. The van der Waals surface area contributed by atoms with Crippen LogP contribution in [0.5, 0.6) is 5.75 Å². The second-order valence-corrected chi connectivity index (χ2v) is 9.46. The second-order valence-electron chi connectivity index (χ2n) is 7.34. The van der Waals surface area contributed by atoms with Crippen molar-refractivity contribution in [2.75, 3.05) is 12.4 Å². The van der Waals surface area contributed by atoms with Crippen molar-refractivity contribution in [2.24, 2.45) is 0 Å². The second kappa shape index (κ2) is 10.6. The summed E-state index contributed by atoms with van der Waals surface area (Å²) in [5.74, 6) is -2.50. The molecule has 2 N–H and O–H groups in total. The number of rotatable bonds is 8. The summed E-state index contributed by atoms with van der Waals surface area (Å²) in [5, 5.41) is 2.32. The fraction of sp³-hybridized carbons (Fsp3) is 0.174. The summed E-state index contributed by atoms with van der Waals surface area (Å²) in [6.07, 6.45) is -5.12. The van der Waals surface area contributed by atoms with Crippen molar-refractivity contribution in [1.29, 1.82) is 0 Å². The molecule has 1 amide bonds. The van der Waals surface area contributed by atoms with E-state index in [-0.39, 0.29) is 27.8 Å². The van der Waals surface area contributed by atoms with Gasteiger partial charge in [0, 0.05) is 10.7 Å². The highest BCUT2D eigenvalue weighted by atomic mass is 35.5. The first kappa shape index (κ1) is 26.5. The quantitative estimate of drug-likeness (QED) is 0.400. The van der Waals surface area contributed by atoms with Crippen molar-refractivity contribution >= 4 is 33.2 Å². The standard InChI is InChI=1S/C23H19ClF4N2O4S/c1-34-20-10-7-15(24)12-21(20)35(32,33)30-19(11-14-5-3-2-4-6-14)22(31)29-16-8-9-18(25)17(13-16)23(26,27)28/h2-10,12-13,19,30H,11H2,1H3,(H,29,31). The molecule has 0 saturated heterocycles. The third kappa shape index (κ3) is 6.71. The number of methoxy groups -OCH3 is 1. The molecular formula is C23H19ClF4N2O4S. The zero-order valence-electron chi connectivity index (χ0n) is 18.1. The maximum Gasteiger partial charge on any atom is 0.419 e. The maximum atomic E-state index is 13.6. The zero-order valence-corrected chi connectivity index (χ0v) is 19.6. The molecule has 3 aromatic rings. The van der Waals surface area contributed by atoms with Crippen LogP contribution in [0.25, 0.3) is 0 Å². The number of anilines is 1. The highest BCUT2D eigenvalue weighted by molar-refractivity contribution is 7.89. The number of benzene rings is 3. The first-order chi connectivity index (χ1) is 16.4. The lowest BCUT2D eigenvalue weighted by atomic mass is 10.1. The van der Waals surface area contributed by atoms with Crippen LogP contribution in [0.4, 0.5) is 23.2 Å². The number of ether oxygens (including phenoxy) is 1. The first-order valence-electron chi connectivity index (χ1n) is 9.98. The van der Waals surface area contributed by atoms with E-state index in [2.05, 4.69) is 10.0 Å². The summed E-state index contributed by atoms with van der Waals surface area (Å²) < 4.78 is 86.4. The molecule has 0 saturated carbocycles. The smallest absolute Gasteiger partial charge is 0.419 e. The number of hydrogen-bond acceptors (Lipinski definition) is 4. The van der Waals surface area contributed by atoms with E-state index in [4.69, 9.17) is 16.3 Å². The number of carbonyl (C=O) groups excluding carboxylic acids is 1. The number of alkyl halides is 3. The van der Waals surface area contributed by atoms with E-state index in [1.807, 2.05) is 0 Å². The molecule has 6 nitrogen and oxygen atoms in total. The van der Waals surface area contributed by atoms with Gasteiger partial charge in [0.05, 0.1) is 12.7 Å². The summed E-state index contributed by atoms with van der Waals surface area (Å²) in [7, 11) is -3.13. The Labute approximate surface area is 203 Å². The van der Waals surface area contributed by atoms with Crippen LogP contribution < -0.4 is 14.8 Å². The molecule has 35 heavy (non-hydrogen) atoms. The van der Waals surface area contributed by atoms with Gasteiger partial charge in [0.25, 0.3) is 0 Å². The first-order valence-corrected chi connectivity index (χ1v) is 11.8. The molecule has 1 atom stereocenters. The molecule has 0 aliphatic carbocycles. The molecular weight excluding hydrogens is 512 g/mol. The lowest BCUT2D eigenvalue weighted by molar-refractivity contribution is -0.140. The van der Waals surface area contributed by atoms with E-state index in [1.54, 1.807) is 30.3 Å². The molecule has 0 aliphatic heterocycles. The van der Waals surface area contributed by atoms with E-state index in [0.717, 1.165) is 12.1 Å². The fourth-order valence-corrected chi connectivity index (χ4v) is 4.83. The summed E-state index contributed by atoms with van der Waals surface area (Å²) >= 11 is 5.93. The molecule has 3 aromatic carbocycles. The topological polar surface area (TPSA) is 84.5 Å². The van der Waals surface area contributed by atoms with E-state index in [0.29, 0.717) is 17.7 Å². The number of hydrogen-bond donors (Lipinski definition) is 2. The average molecular weight is 531 g/mol. The van der Waals surface area contributed by atoms with Crippen molar-refractivity contribution in [3.63, 3.8) is 0 Å². The maximum absolute atomic E-state index is 13.6. The molecule has 0 bridgehead atoms. The number of sulfonamides is 1. The minimum atomic E-state index is -4.99. The molecule has 0 aromatic heterocycles. The van der Waals surface area contributed by atoms with Crippen LogP contribution >= 0.6 is 11.6 Å². The van der Waals surface area contributed by atoms with E-state index in [1.165, 1.54) is 19.2 Å². The van der Waals surface area contributed by atoms with E-state index >= 15 is 0 Å². The van der Waals surface area contributed by atoms with Crippen LogP contribution in [0.15, 0.2) is 71.6 Å². The van der Waals surface area contributed by atoms with Crippen LogP contribution in [0.2, 0.25) is 5.02 Å². The van der Waals surface area contributed by atoms with Gasteiger partial charge in [-0.05, 0) is 48.4 Å². The number of amides is 1. The van der Waals surface area contributed by atoms with Gasteiger partial charge in [0.1, 0.15) is 22.5 Å². The predicted octanol–water partition coefficient (Wildman–Crippen LogP) is 5.03. The molecule has 0 radical (unpaired) electrons. The Hall–Kier alpha value is -3.15. The van der Waals surface area contributed by atoms with Crippen LogP contribution in [-0.4, -0.2) is 27.5 Å². The highest BCUT2D eigenvalue weighted by Gasteiger charge is 2.35. The van der Waals surface area contributed by atoms with Crippen molar-refractivity contribution < 1.29 is 35.5 Å². The summed E-state index contributed by atoms with van der Waals surface area (Å²) in [6, 6.07) is 12.7. The van der Waals surface area contributed by atoms with Crippen LogP contribution in [0, 0.1) is 5.82 Å². The van der Waals surface area contributed by atoms with Crippen molar-refractivity contribution in [3.8, 4) is 5.75 Å². The molecule has 0 heterocycles. The Kier molecular flexibility index (Phi) is 8.04. The van der Waals surface area contributed by atoms with Crippen molar-refractivity contribution in [2.45, 2.75) is 23.5 Å². The van der Waals surface area contributed by atoms with Crippen LogP contribution in [-0.2, 0) is 27.4 Å². The van der Waals surface area contributed by atoms with Crippen molar-refractivity contribution in [1.82, 2.24) is 4.72 Å². The van der Waals surface area contributed by atoms with Gasteiger partial charge in [-0.3, -0.25) is 4.79 Å². The lowest BCUT2D eigenvalue weighted by Gasteiger charge is -2.20. The normalized spacial score (nSPS) is 12.7. The van der Waals surface area contributed by atoms with Gasteiger partial charge >= 0.3 is 6.18 Å². The van der Waals surface area contributed by atoms with Crippen LogP contribution in [0.3, 0.4) is 0 Å².